The van der Waals surface area contributed by atoms with Gasteiger partial charge in [0.05, 0.1) is 16.7 Å². The molecule has 0 aliphatic carbocycles. The number of nitrogens with one attached hydrogen (secondary N) is 1. The molecule has 11 nitrogen and oxygen atoms in total. The van der Waals surface area contributed by atoms with E-state index in [1.54, 1.807) is 66.7 Å². The second kappa shape index (κ2) is 12.3. The number of carbonyl (C=O) groups excluding carboxylic acids is 3. The van der Waals surface area contributed by atoms with Gasteiger partial charge >= 0.3 is 23.6 Å². The van der Waals surface area contributed by atoms with Crippen LogP contribution in [0.4, 0.5) is 0 Å². The van der Waals surface area contributed by atoms with Crippen LogP contribution in [0.1, 0.15) is 37.3 Å². The molecule has 0 radical (unpaired) electrons. The molecule has 1 aromatic heterocycles. The van der Waals surface area contributed by atoms with E-state index < -0.39 is 60.3 Å². The van der Waals surface area contributed by atoms with Crippen LogP contribution in [0.2, 0.25) is 0 Å². The third-order valence-electron chi connectivity index (χ3n) is 6.30. The number of H-pyrrole nitrogens is 1. The maximum Gasteiger partial charge on any atom is 0.338 e. The van der Waals surface area contributed by atoms with E-state index in [1.165, 1.54) is 30.5 Å². The maximum atomic E-state index is 13.1. The smallest absolute Gasteiger partial charge is 0.338 e. The van der Waals surface area contributed by atoms with Crippen LogP contribution >= 0.6 is 0 Å². The fourth-order valence-electron chi connectivity index (χ4n) is 4.31. The lowest BCUT2D eigenvalue weighted by atomic mass is 10.1. The summed E-state index contributed by atoms with van der Waals surface area (Å²) in [7, 11) is 0. The predicted octanol–water partition coefficient (Wildman–Crippen LogP) is 2.74. The monoisotopic (exact) mass is 556 g/mol. The van der Waals surface area contributed by atoms with Crippen molar-refractivity contribution in [1.82, 2.24) is 9.55 Å². The predicted molar refractivity (Wildman–Crippen MR) is 143 cm³/mol. The molecule has 4 atom stereocenters. The summed E-state index contributed by atoms with van der Waals surface area (Å²) in [6.07, 6.45) is -4.03. The highest BCUT2D eigenvalue weighted by Crippen LogP contribution is 2.34. The lowest BCUT2D eigenvalue weighted by molar-refractivity contribution is -0.0640. The van der Waals surface area contributed by atoms with E-state index in [2.05, 4.69) is 4.98 Å². The van der Waals surface area contributed by atoms with Crippen LogP contribution in [-0.4, -0.2) is 52.4 Å². The van der Waals surface area contributed by atoms with E-state index in [1.807, 2.05) is 0 Å². The molecular weight excluding hydrogens is 532 g/mol. The van der Waals surface area contributed by atoms with Crippen LogP contribution in [-0.2, 0) is 18.9 Å². The Morgan fingerprint density at radius 2 is 1.17 bits per heavy atom. The molecule has 3 aromatic carbocycles. The number of aromatic nitrogens is 2. The average Bonchev–Trinajstić information content (AvgIpc) is 3.33. The first kappa shape index (κ1) is 27.3. The number of carbonyl (C=O) groups is 3. The van der Waals surface area contributed by atoms with Gasteiger partial charge in [0.25, 0.3) is 5.56 Å². The molecule has 2 heterocycles. The van der Waals surface area contributed by atoms with Gasteiger partial charge in [0, 0.05) is 12.3 Å². The van der Waals surface area contributed by atoms with Crippen molar-refractivity contribution in [1.29, 1.82) is 0 Å². The zero-order valence-corrected chi connectivity index (χ0v) is 21.5. The van der Waals surface area contributed by atoms with Crippen LogP contribution in [0.5, 0.6) is 0 Å². The Morgan fingerprint density at radius 3 is 1.68 bits per heavy atom. The summed E-state index contributed by atoms with van der Waals surface area (Å²) in [5.41, 5.74) is -0.804. The highest BCUT2D eigenvalue weighted by Gasteiger charge is 2.51. The molecule has 5 rings (SSSR count). The molecule has 1 aliphatic rings. The zero-order chi connectivity index (χ0) is 28.8. The standard InChI is InChI=1S/C30H24N2O9/c33-23-16-17-32(30(37)31-23)26-25(41-29(36)21-14-8-3-9-15-21)24(40-28(35)20-12-6-2-7-13-20)22(39-26)18-38-27(34)19-10-4-1-5-11-19/h1-17,22,24-26H,18H2,(H,31,33,37)/t22-,24-,25-,26+/m0/s1. The minimum atomic E-state index is -1.38. The van der Waals surface area contributed by atoms with E-state index in [-0.39, 0.29) is 16.7 Å². The van der Waals surface area contributed by atoms with Crippen molar-refractivity contribution in [3.63, 3.8) is 0 Å². The third-order valence-corrected chi connectivity index (χ3v) is 6.30. The van der Waals surface area contributed by atoms with Gasteiger partial charge in [0.2, 0.25) is 0 Å². The molecule has 4 aromatic rings. The van der Waals surface area contributed by atoms with Gasteiger partial charge in [-0.1, -0.05) is 54.6 Å². The number of rotatable bonds is 8. The molecular formula is C30H24N2O9. The van der Waals surface area contributed by atoms with Crippen LogP contribution in [0.3, 0.4) is 0 Å². The van der Waals surface area contributed by atoms with Crippen molar-refractivity contribution >= 4 is 17.9 Å². The summed E-state index contributed by atoms with van der Waals surface area (Å²) in [5.74, 6) is -2.19. The van der Waals surface area contributed by atoms with Crippen LogP contribution < -0.4 is 11.2 Å². The molecule has 0 unspecified atom stereocenters. The van der Waals surface area contributed by atoms with Gasteiger partial charge in [-0.25, -0.2) is 19.2 Å². The molecule has 1 N–H and O–H groups in total. The Bertz CT molecular complexity index is 1640. The molecule has 11 heteroatoms. The van der Waals surface area contributed by atoms with E-state index in [4.69, 9.17) is 18.9 Å². The minimum Gasteiger partial charge on any atom is -0.459 e. The molecule has 0 amide bonds. The Morgan fingerprint density at radius 1 is 0.683 bits per heavy atom. The van der Waals surface area contributed by atoms with Crippen LogP contribution in [0, 0.1) is 0 Å². The Balaban J connectivity index is 1.50. The Labute approximate surface area is 232 Å². The van der Waals surface area contributed by atoms with E-state index in [0.717, 1.165) is 10.6 Å². The highest BCUT2D eigenvalue weighted by atomic mass is 16.7. The highest BCUT2D eigenvalue weighted by molar-refractivity contribution is 5.91. The molecule has 0 spiro atoms. The average molecular weight is 557 g/mol. The fourth-order valence-corrected chi connectivity index (χ4v) is 4.31. The summed E-state index contributed by atoms with van der Waals surface area (Å²) < 4.78 is 24.1. The van der Waals surface area contributed by atoms with Gasteiger partial charge in [-0.2, -0.15) is 0 Å². The van der Waals surface area contributed by atoms with Crippen molar-refractivity contribution in [2.24, 2.45) is 0 Å². The van der Waals surface area contributed by atoms with Gasteiger partial charge in [0.1, 0.15) is 12.7 Å². The SMILES string of the molecule is O=C(OC[C@@H]1O[C@@H](n2ccc(=O)[nH]c2=O)[C@@H](OC(=O)c2ccccc2)[C@H]1OC(=O)c1ccccc1)c1ccccc1. The third kappa shape index (κ3) is 6.31. The molecule has 1 saturated heterocycles. The van der Waals surface area contributed by atoms with Gasteiger partial charge in [-0.15, -0.1) is 0 Å². The summed E-state index contributed by atoms with van der Waals surface area (Å²) in [6, 6.07) is 25.5. The molecule has 208 valence electrons. The van der Waals surface area contributed by atoms with Gasteiger partial charge < -0.3 is 18.9 Å². The number of nitrogens with zero attached hydrogens (tertiary/aromatic N) is 1. The summed E-state index contributed by atoms with van der Waals surface area (Å²) >= 11 is 0. The van der Waals surface area contributed by atoms with E-state index in [0.29, 0.717) is 0 Å². The fraction of sp³-hybridized carbons (Fsp3) is 0.167. The van der Waals surface area contributed by atoms with Crippen molar-refractivity contribution in [3.8, 4) is 0 Å². The number of hydrogen-bond donors (Lipinski definition) is 1. The first-order valence-corrected chi connectivity index (χ1v) is 12.6. The van der Waals surface area contributed by atoms with Crippen molar-refractivity contribution in [2.45, 2.75) is 24.5 Å². The van der Waals surface area contributed by atoms with Crippen molar-refractivity contribution < 1.29 is 33.3 Å². The lowest BCUT2D eigenvalue weighted by Gasteiger charge is -2.25. The molecule has 0 bridgehead atoms. The summed E-state index contributed by atoms with van der Waals surface area (Å²) in [6.45, 7) is -0.408. The molecule has 1 aliphatic heterocycles. The quantitative estimate of drug-likeness (QED) is 0.256. The van der Waals surface area contributed by atoms with Crippen molar-refractivity contribution in [2.75, 3.05) is 6.61 Å². The van der Waals surface area contributed by atoms with Crippen LogP contribution in [0.15, 0.2) is 113 Å². The first-order chi connectivity index (χ1) is 19.9. The number of hydrogen-bond acceptors (Lipinski definition) is 9. The largest absolute Gasteiger partial charge is 0.459 e. The molecule has 0 saturated carbocycles. The number of benzene rings is 3. The number of aromatic amines is 1. The van der Waals surface area contributed by atoms with E-state index in [9.17, 15) is 24.0 Å². The first-order valence-electron chi connectivity index (χ1n) is 12.6. The molecule has 41 heavy (non-hydrogen) atoms. The van der Waals surface area contributed by atoms with Gasteiger partial charge in [-0.05, 0) is 36.4 Å². The second-order valence-corrected chi connectivity index (χ2v) is 9.02. The minimum absolute atomic E-state index is 0.201. The van der Waals surface area contributed by atoms with Gasteiger partial charge in [-0.3, -0.25) is 14.3 Å². The van der Waals surface area contributed by atoms with E-state index >= 15 is 0 Å². The summed E-state index contributed by atoms with van der Waals surface area (Å²) in [4.78, 5) is 65.5. The second-order valence-electron chi connectivity index (χ2n) is 9.02. The molecule has 1 fully saturated rings. The lowest BCUT2D eigenvalue weighted by Crippen LogP contribution is -2.43. The van der Waals surface area contributed by atoms with Crippen LogP contribution in [0.25, 0.3) is 0 Å². The Hall–Kier alpha value is -5.29. The van der Waals surface area contributed by atoms with Gasteiger partial charge in [0.15, 0.2) is 18.4 Å². The van der Waals surface area contributed by atoms with Crippen molar-refractivity contribution in [3.05, 3.63) is 141 Å². The Kier molecular flexibility index (Phi) is 8.16. The summed E-state index contributed by atoms with van der Waals surface area (Å²) in [5, 5.41) is 0. The number of ether oxygens (including phenoxy) is 4. The topological polar surface area (TPSA) is 143 Å². The number of esters is 3. The zero-order valence-electron chi connectivity index (χ0n) is 21.5. The maximum absolute atomic E-state index is 13.1. The normalized spacial score (nSPS) is 19.7.